The summed E-state index contributed by atoms with van der Waals surface area (Å²) in [5, 5.41) is 4.90. The largest absolute Gasteiger partial charge is 0.496 e. The first-order valence-corrected chi connectivity index (χ1v) is 11.5. The average molecular weight is 471 g/mol. The van der Waals surface area contributed by atoms with E-state index in [-0.39, 0.29) is 17.2 Å². The van der Waals surface area contributed by atoms with Crippen LogP contribution in [0, 0.1) is 0 Å². The molecule has 1 N–H and O–H groups in total. The monoisotopic (exact) mass is 470 g/mol. The fourth-order valence-corrected chi connectivity index (χ4v) is 4.08. The van der Waals surface area contributed by atoms with Gasteiger partial charge in [-0.3, -0.25) is 14.2 Å². The number of carbonyl (C=O) groups is 1. The number of allylic oxidation sites excluding steroid dienone is 1. The molecule has 0 atom stereocenters. The Morgan fingerprint density at radius 2 is 1.79 bits per heavy atom. The molecule has 0 fully saturated rings. The molecule has 1 heterocycles. The maximum absolute atomic E-state index is 13.2. The second kappa shape index (κ2) is 11.1. The number of nitrogens with zero attached hydrogens (tertiary/aromatic N) is 3. The highest BCUT2D eigenvalue weighted by Gasteiger charge is 2.14. The fraction of sp³-hybridized carbons (Fsp3) is 0.0769. The smallest absolute Gasteiger partial charge is 0.266 e. The van der Waals surface area contributed by atoms with Crippen LogP contribution < -0.4 is 15.7 Å². The Balaban J connectivity index is 1.46. The number of carbonyl (C=O) groups excluding carboxylic acids is 1. The fourth-order valence-electron chi connectivity index (χ4n) is 3.28. The van der Waals surface area contributed by atoms with Crippen LogP contribution in [0.2, 0.25) is 0 Å². The van der Waals surface area contributed by atoms with E-state index < -0.39 is 0 Å². The Labute approximate surface area is 200 Å². The van der Waals surface area contributed by atoms with Gasteiger partial charge >= 0.3 is 0 Å². The van der Waals surface area contributed by atoms with Crippen LogP contribution in [-0.2, 0) is 4.79 Å². The van der Waals surface area contributed by atoms with E-state index in [0.29, 0.717) is 21.7 Å². The van der Waals surface area contributed by atoms with E-state index in [0.717, 1.165) is 11.3 Å². The molecule has 0 aliphatic rings. The van der Waals surface area contributed by atoms with Gasteiger partial charge in [-0.25, -0.2) is 10.4 Å². The van der Waals surface area contributed by atoms with Crippen LogP contribution in [0.4, 0.5) is 0 Å². The number of hydrogen-bond donors (Lipinski definition) is 1. The lowest BCUT2D eigenvalue weighted by Crippen LogP contribution is -2.24. The summed E-state index contributed by atoms with van der Waals surface area (Å²) < 4.78 is 6.82. The molecule has 4 rings (SSSR count). The van der Waals surface area contributed by atoms with Gasteiger partial charge in [0.15, 0.2) is 5.16 Å². The number of aromatic nitrogens is 2. The number of methoxy groups -OCH3 is 1. The van der Waals surface area contributed by atoms with Crippen molar-refractivity contribution < 1.29 is 9.53 Å². The minimum Gasteiger partial charge on any atom is -0.496 e. The van der Waals surface area contributed by atoms with Crippen molar-refractivity contribution in [1.29, 1.82) is 0 Å². The van der Waals surface area contributed by atoms with Crippen molar-refractivity contribution in [3.63, 3.8) is 0 Å². The normalized spacial score (nSPS) is 11.3. The molecule has 170 valence electrons. The molecule has 3 aromatic carbocycles. The zero-order valence-electron chi connectivity index (χ0n) is 18.4. The predicted molar refractivity (Wildman–Crippen MR) is 137 cm³/mol. The number of amides is 1. The van der Waals surface area contributed by atoms with Crippen molar-refractivity contribution >= 4 is 40.9 Å². The molecule has 0 spiro atoms. The van der Waals surface area contributed by atoms with Crippen molar-refractivity contribution in [3.8, 4) is 11.4 Å². The lowest BCUT2D eigenvalue weighted by molar-refractivity contribution is -0.118. The molecule has 7 nitrogen and oxygen atoms in total. The van der Waals surface area contributed by atoms with Gasteiger partial charge in [-0.05, 0) is 42.5 Å². The quantitative estimate of drug-likeness (QED) is 0.180. The summed E-state index contributed by atoms with van der Waals surface area (Å²) in [5.41, 5.74) is 4.49. The van der Waals surface area contributed by atoms with E-state index in [1.54, 1.807) is 31.4 Å². The molecule has 0 saturated carbocycles. The summed E-state index contributed by atoms with van der Waals surface area (Å²) in [6, 6.07) is 24.0. The number of thioether (sulfide) groups is 1. The van der Waals surface area contributed by atoms with Crippen molar-refractivity contribution in [2.45, 2.75) is 5.16 Å². The second-order valence-corrected chi connectivity index (χ2v) is 8.03. The Morgan fingerprint density at radius 3 is 2.62 bits per heavy atom. The van der Waals surface area contributed by atoms with E-state index in [1.165, 1.54) is 22.5 Å². The Hall–Kier alpha value is -4.17. The van der Waals surface area contributed by atoms with Gasteiger partial charge in [0, 0.05) is 11.8 Å². The SMILES string of the molecule is COc1ccccc1/C=C\C=N\NC(=O)CSc1nc2ccccc2c(=O)n1-c1ccccc1. The first-order chi connectivity index (χ1) is 16.7. The average Bonchev–Trinajstić information content (AvgIpc) is 2.88. The maximum atomic E-state index is 13.2. The van der Waals surface area contributed by atoms with Crippen LogP contribution in [0.5, 0.6) is 5.75 Å². The van der Waals surface area contributed by atoms with E-state index >= 15 is 0 Å². The van der Waals surface area contributed by atoms with Crippen molar-refractivity contribution in [1.82, 2.24) is 15.0 Å². The lowest BCUT2D eigenvalue weighted by atomic mass is 10.2. The van der Waals surface area contributed by atoms with Crippen LogP contribution in [0.15, 0.2) is 100.0 Å². The van der Waals surface area contributed by atoms with Crippen LogP contribution >= 0.6 is 11.8 Å². The van der Waals surface area contributed by atoms with Crippen molar-refractivity contribution in [2.75, 3.05) is 12.9 Å². The number of hydrazone groups is 1. The van der Waals surface area contributed by atoms with Gasteiger partial charge < -0.3 is 4.74 Å². The first-order valence-electron chi connectivity index (χ1n) is 10.5. The molecule has 0 aliphatic heterocycles. The molecule has 0 aliphatic carbocycles. The molecule has 0 radical (unpaired) electrons. The summed E-state index contributed by atoms with van der Waals surface area (Å²) in [4.78, 5) is 30.1. The minimum atomic E-state index is -0.311. The maximum Gasteiger partial charge on any atom is 0.266 e. The van der Waals surface area contributed by atoms with Crippen LogP contribution in [-0.4, -0.2) is 34.5 Å². The second-order valence-electron chi connectivity index (χ2n) is 7.09. The number of benzene rings is 3. The summed E-state index contributed by atoms with van der Waals surface area (Å²) in [6.45, 7) is 0. The highest BCUT2D eigenvalue weighted by Crippen LogP contribution is 2.21. The van der Waals surface area contributed by atoms with Gasteiger partial charge in [0.25, 0.3) is 11.5 Å². The van der Waals surface area contributed by atoms with E-state index in [4.69, 9.17) is 4.74 Å². The highest BCUT2D eigenvalue weighted by atomic mass is 32.2. The van der Waals surface area contributed by atoms with E-state index in [2.05, 4.69) is 15.5 Å². The van der Waals surface area contributed by atoms with E-state index in [9.17, 15) is 9.59 Å². The number of para-hydroxylation sites is 3. The summed E-state index contributed by atoms with van der Waals surface area (Å²) in [6.07, 6.45) is 5.03. The third kappa shape index (κ3) is 5.41. The molecule has 0 bridgehead atoms. The molecule has 4 aromatic rings. The summed E-state index contributed by atoms with van der Waals surface area (Å²) >= 11 is 1.18. The standard InChI is InChI=1S/C26H22N4O3S/c1-33-23-16-8-5-10-19(23)11-9-17-27-29-24(31)18-34-26-28-22-15-7-6-14-21(22)25(32)30(26)20-12-3-2-4-13-20/h2-17H,18H2,1H3,(H,29,31)/b11-9-,27-17+. The molecular weight excluding hydrogens is 448 g/mol. The lowest BCUT2D eigenvalue weighted by Gasteiger charge is -2.12. The molecule has 0 saturated heterocycles. The number of hydrogen-bond acceptors (Lipinski definition) is 6. The molecule has 1 amide bonds. The van der Waals surface area contributed by atoms with Gasteiger partial charge in [0.2, 0.25) is 0 Å². The van der Waals surface area contributed by atoms with E-state index in [1.807, 2.05) is 66.7 Å². The van der Waals surface area contributed by atoms with Crippen molar-refractivity contribution in [2.24, 2.45) is 5.10 Å². The topological polar surface area (TPSA) is 85.6 Å². The number of fused-ring (bicyclic) bond motifs is 1. The van der Waals surface area contributed by atoms with Gasteiger partial charge in [-0.1, -0.05) is 60.3 Å². The van der Waals surface area contributed by atoms with Gasteiger partial charge in [-0.15, -0.1) is 0 Å². The Kier molecular flexibility index (Phi) is 7.52. The third-order valence-electron chi connectivity index (χ3n) is 4.86. The Morgan fingerprint density at radius 1 is 1.06 bits per heavy atom. The molecule has 0 unspecified atom stereocenters. The molecule has 34 heavy (non-hydrogen) atoms. The van der Waals surface area contributed by atoms with Crippen LogP contribution in [0.1, 0.15) is 5.56 Å². The van der Waals surface area contributed by atoms with Gasteiger partial charge in [0.05, 0.1) is 29.5 Å². The van der Waals surface area contributed by atoms with Gasteiger partial charge in [0.1, 0.15) is 5.75 Å². The number of ether oxygens (including phenoxy) is 1. The van der Waals surface area contributed by atoms with Crippen LogP contribution in [0.25, 0.3) is 22.7 Å². The highest BCUT2D eigenvalue weighted by molar-refractivity contribution is 7.99. The summed E-state index contributed by atoms with van der Waals surface area (Å²) in [7, 11) is 1.61. The van der Waals surface area contributed by atoms with Gasteiger partial charge in [-0.2, -0.15) is 5.10 Å². The van der Waals surface area contributed by atoms with Crippen molar-refractivity contribution in [3.05, 3.63) is 101 Å². The first kappa shape index (κ1) is 23.0. The minimum absolute atomic E-state index is 0.0468. The predicted octanol–water partition coefficient (Wildman–Crippen LogP) is 4.30. The third-order valence-corrected chi connectivity index (χ3v) is 5.79. The number of nitrogens with one attached hydrogen (secondary N) is 1. The van der Waals surface area contributed by atoms with Crippen LogP contribution in [0.3, 0.4) is 0 Å². The molecule has 1 aromatic heterocycles. The molecular formula is C26H22N4O3S. The zero-order valence-corrected chi connectivity index (χ0v) is 19.2. The zero-order chi connectivity index (χ0) is 23.8. The summed E-state index contributed by atoms with van der Waals surface area (Å²) in [5.74, 6) is 0.486. The molecule has 8 heteroatoms. The number of rotatable bonds is 8. The Bertz CT molecular complexity index is 1410.